The molecule has 7 nitrogen and oxygen atoms in total. The number of piperazine rings is 1. The van der Waals surface area contributed by atoms with E-state index in [0.717, 1.165) is 16.6 Å². The third-order valence-electron chi connectivity index (χ3n) is 3.82. The zero-order chi connectivity index (χ0) is 16.2. The summed E-state index contributed by atoms with van der Waals surface area (Å²) in [6.07, 6.45) is 1.35. The highest BCUT2D eigenvalue weighted by molar-refractivity contribution is 5.84. The van der Waals surface area contributed by atoms with Crippen LogP contribution in [0, 0.1) is 0 Å². The Balaban J connectivity index is 1.61. The Hall–Kier alpha value is -2.83. The fourth-order valence-electron chi connectivity index (χ4n) is 2.59. The van der Waals surface area contributed by atoms with E-state index in [9.17, 15) is 9.59 Å². The Morgan fingerprint density at radius 3 is 2.52 bits per heavy atom. The van der Waals surface area contributed by atoms with Crippen molar-refractivity contribution < 1.29 is 14.3 Å². The van der Waals surface area contributed by atoms with Gasteiger partial charge in [0, 0.05) is 37.8 Å². The number of primary amides is 1. The van der Waals surface area contributed by atoms with Gasteiger partial charge in [0.1, 0.15) is 5.82 Å². The first-order valence-corrected chi connectivity index (χ1v) is 7.43. The molecule has 1 fully saturated rings. The molecule has 1 saturated heterocycles. The van der Waals surface area contributed by atoms with E-state index in [0.29, 0.717) is 26.2 Å². The first-order valence-electron chi connectivity index (χ1n) is 7.43. The van der Waals surface area contributed by atoms with E-state index in [1.54, 1.807) is 4.90 Å². The lowest BCUT2D eigenvalue weighted by Crippen LogP contribution is -2.49. The van der Waals surface area contributed by atoms with Crippen LogP contribution in [0.15, 0.2) is 36.5 Å². The van der Waals surface area contributed by atoms with Crippen molar-refractivity contribution in [2.24, 2.45) is 5.73 Å². The summed E-state index contributed by atoms with van der Waals surface area (Å²) in [5.74, 6) is 0.242. The maximum atomic E-state index is 11.8. The van der Waals surface area contributed by atoms with Crippen LogP contribution in [-0.2, 0) is 9.53 Å². The zero-order valence-corrected chi connectivity index (χ0v) is 12.6. The van der Waals surface area contributed by atoms with Crippen molar-refractivity contribution in [1.82, 2.24) is 9.88 Å². The molecule has 1 aromatic carbocycles. The van der Waals surface area contributed by atoms with Gasteiger partial charge in [-0.1, -0.05) is 24.3 Å². The lowest BCUT2D eigenvalue weighted by molar-refractivity contribution is -0.121. The summed E-state index contributed by atoms with van der Waals surface area (Å²) in [6.45, 7) is 1.98. The van der Waals surface area contributed by atoms with Crippen LogP contribution in [0.25, 0.3) is 10.8 Å². The molecule has 0 spiro atoms. The second-order valence-electron chi connectivity index (χ2n) is 5.38. The van der Waals surface area contributed by atoms with Crippen molar-refractivity contribution in [1.29, 1.82) is 0 Å². The number of ether oxygens (including phenoxy) is 1. The van der Waals surface area contributed by atoms with Crippen molar-refractivity contribution in [3.63, 3.8) is 0 Å². The highest BCUT2D eigenvalue weighted by Crippen LogP contribution is 2.20. The third-order valence-corrected chi connectivity index (χ3v) is 3.82. The smallest absolute Gasteiger partial charge is 0.410 e. The van der Waals surface area contributed by atoms with E-state index in [4.69, 9.17) is 10.5 Å². The molecule has 0 radical (unpaired) electrons. The molecular weight excluding hydrogens is 296 g/mol. The number of benzene rings is 1. The Morgan fingerprint density at radius 1 is 1.13 bits per heavy atom. The number of hydrogen-bond donors (Lipinski definition) is 1. The molecule has 23 heavy (non-hydrogen) atoms. The van der Waals surface area contributed by atoms with Crippen molar-refractivity contribution in [3.8, 4) is 0 Å². The van der Waals surface area contributed by atoms with Crippen LogP contribution >= 0.6 is 0 Å². The second kappa shape index (κ2) is 6.51. The Bertz CT molecular complexity index is 726. The predicted molar refractivity (Wildman–Crippen MR) is 86.1 cm³/mol. The summed E-state index contributed by atoms with van der Waals surface area (Å²) >= 11 is 0. The summed E-state index contributed by atoms with van der Waals surface area (Å²) < 4.78 is 4.82. The maximum Gasteiger partial charge on any atom is 0.410 e. The monoisotopic (exact) mass is 314 g/mol. The van der Waals surface area contributed by atoms with Crippen molar-refractivity contribution >= 4 is 28.6 Å². The molecule has 2 aromatic rings. The van der Waals surface area contributed by atoms with Gasteiger partial charge in [-0.15, -0.1) is 0 Å². The Morgan fingerprint density at radius 2 is 1.83 bits per heavy atom. The molecule has 1 aliphatic heterocycles. The molecule has 0 saturated carbocycles. The highest BCUT2D eigenvalue weighted by Gasteiger charge is 2.23. The molecule has 2 N–H and O–H groups in total. The van der Waals surface area contributed by atoms with E-state index in [2.05, 4.69) is 22.0 Å². The summed E-state index contributed by atoms with van der Waals surface area (Å²) in [4.78, 5) is 30.6. The summed E-state index contributed by atoms with van der Waals surface area (Å²) in [7, 11) is 0. The number of anilines is 1. The molecule has 1 aliphatic rings. The van der Waals surface area contributed by atoms with E-state index in [1.165, 1.54) is 0 Å². The third kappa shape index (κ3) is 3.50. The predicted octanol–water partition coefficient (Wildman–Crippen LogP) is 0.979. The van der Waals surface area contributed by atoms with Gasteiger partial charge in [0.15, 0.2) is 6.61 Å². The Labute approximate surface area is 133 Å². The lowest BCUT2D eigenvalue weighted by Gasteiger charge is -2.34. The van der Waals surface area contributed by atoms with E-state index in [1.807, 2.05) is 24.4 Å². The summed E-state index contributed by atoms with van der Waals surface area (Å²) in [5, 5.41) is 2.24. The molecular formula is C16H18N4O3. The topological polar surface area (TPSA) is 88.8 Å². The van der Waals surface area contributed by atoms with Crippen molar-refractivity contribution in [2.45, 2.75) is 0 Å². The fraction of sp³-hybridized carbons (Fsp3) is 0.312. The second-order valence-corrected chi connectivity index (χ2v) is 5.38. The number of rotatable bonds is 3. The van der Waals surface area contributed by atoms with Crippen molar-refractivity contribution in [2.75, 3.05) is 37.7 Å². The van der Waals surface area contributed by atoms with Crippen LogP contribution in [0.4, 0.5) is 10.6 Å². The van der Waals surface area contributed by atoms with Gasteiger partial charge in [-0.25, -0.2) is 9.78 Å². The summed E-state index contributed by atoms with van der Waals surface area (Å²) in [6, 6.07) is 10.1. The Kier molecular flexibility index (Phi) is 4.27. The number of amides is 2. The molecule has 2 heterocycles. The number of nitrogens with two attached hydrogens (primary N) is 1. The fourth-order valence-corrected chi connectivity index (χ4v) is 2.59. The van der Waals surface area contributed by atoms with Crippen LogP contribution in [0.2, 0.25) is 0 Å². The molecule has 3 rings (SSSR count). The number of carbonyl (C=O) groups is 2. The van der Waals surface area contributed by atoms with E-state index in [-0.39, 0.29) is 6.61 Å². The molecule has 7 heteroatoms. The van der Waals surface area contributed by atoms with Gasteiger partial charge in [0.25, 0.3) is 5.91 Å². The average Bonchev–Trinajstić information content (AvgIpc) is 2.59. The normalized spacial score (nSPS) is 14.8. The molecule has 0 bridgehead atoms. The van der Waals surface area contributed by atoms with Gasteiger partial charge in [0.2, 0.25) is 0 Å². The maximum absolute atomic E-state index is 11.8. The average molecular weight is 314 g/mol. The van der Waals surface area contributed by atoms with Crippen LogP contribution in [-0.4, -0.2) is 54.7 Å². The largest absolute Gasteiger partial charge is 0.439 e. The van der Waals surface area contributed by atoms with Crippen LogP contribution in [0.5, 0.6) is 0 Å². The van der Waals surface area contributed by atoms with Gasteiger partial charge in [-0.2, -0.15) is 0 Å². The lowest BCUT2D eigenvalue weighted by atomic mass is 10.2. The molecule has 0 atom stereocenters. The van der Waals surface area contributed by atoms with Crippen molar-refractivity contribution in [3.05, 3.63) is 36.5 Å². The SMILES string of the molecule is NC(=O)COC(=O)N1CCN(c2cc3ccccc3cn2)CC1. The number of fused-ring (bicyclic) bond motifs is 1. The van der Waals surface area contributed by atoms with E-state index >= 15 is 0 Å². The van der Waals surface area contributed by atoms with Gasteiger partial charge in [-0.05, 0) is 11.5 Å². The number of hydrogen-bond acceptors (Lipinski definition) is 5. The zero-order valence-electron chi connectivity index (χ0n) is 12.6. The molecule has 0 unspecified atom stereocenters. The highest BCUT2D eigenvalue weighted by atomic mass is 16.6. The van der Waals surface area contributed by atoms with Gasteiger partial charge in [-0.3, -0.25) is 4.79 Å². The molecule has 1 aromatic heterocycles. The van der Waals surface area contributed by atoms with Crippen LogP contribution in [0.1, 0.15) is 0 Å². The quantitative estimate of drug-likeness (QED) is 0.912. The number of aromatic nitrogens is 1. The van der Waals surface area contributed by atoms with Crippen LogP contribution < -0.4 is 10.6 Å². The summed E-state index contributed by atoms with van der Waals surface area (Å²) in [5.41, 5.74) is 4.96. The van der Waals surface area contributed by atoms with Gasteiger partial charge >= 0.3 is 6.09 Å². The first-order chi connectivity index (χ1) is 11.1. The van der Waals surface area contributed by atoms with E-state index < -0.39 is 12.0 Å². The van der Waals surface area contributed by atoms with Gasteiger partial charge in [0.05, 0.1) is 0 Å². The first kappa shape index (κ1) is 15.1. The standard InChI is InChI=1S/C16H18N4O3/c17-14(21)11-23-16(22)20-7-5-19(6-8-20)15-9-12-3-1-2-4-13(12)10-18-15/h1-4,9-10H,5-8,11H2,(H2,17,21). The minimum atomic E-state index is -0.655. The number of nitrogens with zero attached hydrogens (tertiary/aromatic N) is 3. The molecule has 120 valence electrons. The number of pyridine rings is 1. The minimum Gasteiger partial charge on any atom is -0.439 e. The van der Waals surface area contributed by atoms with Gasteiger partial charge < -0.3 is 20.3 Å². The number of carbonyl (C=O) groups excluding carboxylic acids is 2. The minimum absolute atomic E-state index is 0.384. The molecule has 2 amide bonds. The van der Waals surface area contributed by atoms with Crippen LogP contribution in [0.3, 0.4) is 0 Å². The molecule has 0 aliphatic carbocycles.